The van der Waals surface area contributed by atoms with Gasteiger partial charge in [-0.1, -0.05) is 24.3 Å². The van der Waals surface area contributed by atoms with Crippen LogP contribution in [0.5, 0.6) is 0 Å². The van der Waals surface area contributed by atoms with Gasteiger partial charge in [-0.2, -0.15) is 18.3 Å². The number of benzene rings is 1. The van der Waals surface area contributed by atoms with Gasteiger partial charge in [-0.15, -0.1) is 11.3 Å². The number of aromatic nitrogens is 3. The van der Waals surface area contributed by atoms with Crippen LogP contribution in [0.25, 0.3) is 0 Å². The molecule has 2 aromatic heterocycles. The molecule has 0 N–H and O–H groups in total. The first-order valence-corrected chi connectivity index (χ1v) is 13.7. The number of amides is 2. The lowest BCUT2D eigenvalue weighted by Gasteiger charge is -2.33. The molecule has 2 amide bonds. The highest BCUT2D eigenvalue weighted by Crippen LogP contribution is 2.35. The van der Waals surface area contributed by atoms with Crippen molar-refractivity contribution in [1.29, 1.82) is 0 Å². The van der Waals surface area contributed by atoms with Gasteiger partial charge in [0.05, 0.1) is 11.0 Å². The van der Waals surface area contributed by atoms with Crippen molar-refractivity contribution in [1.82, 2.24) is 24.6 Å². The Bertz CT molecular complexity index is 1330. The molecule has 5 rings (SSSR count). The second-order valence-corrected chi connectivity index (χ2v) is 11.0. The van der Waals surface area contributed by atoms with Crippen LogP contribution in [0.3, 0.4) is 0 Å². The maximum absolute atomic E-state index is 13.3. The predicted octanol–water partition coefficient (Wildman–Crippen LogP) is 5.22. The van der Waals surface area contributed by atoms with Gasteiger partial charge >= 0.3 is 6.18 Å². The monoisotopic (exact) mass is 545 g/mol. The number of aryl methyl sites for hydroxylation is 2. The summed E-state index contributed by atoms with van der Waals surface area (Å²) in [5.74, 6) is -0.211. The molecule has 1 saturated heterocycles. The van der Waals surface area contributed by atoms with Crippen LogP contribution in [0.15, 0.2) is 35.7 Å². The Labute approximate surface area is 223 Å². The van der Waals surface area contributed by atoms with Crippen molar-refractivity contribution in [2.24, 2.45) is 0 Å². The molecule has 0 saturated carbocycles. The van der Waals surface area contributed by atoms with Crippen LogP contribution in [0.1, 0.15) is 75.7 Å². The molecular formula is C27H30F3N5O2S. The summed E-state index contributed by atoms with van der Waals surface area (Å²) in [4.78, 5) is 34.2. The molecule has 11 heteroatoms. The Morgan fingerprint density at radius 1 is 1.16 bits per heavy atom. The largest absolute Gasteiger partial charge is 0.435 e. The van der Waals surface area contributed by atoms with Gasteiger partial charge in [0.25, 0.3) is 5.91 Å². The van der Waals surface area contributed by atoms with E-state index in [0.29, 0.717) is 37.3 Å². The topological polar surface area (TPSA) is 71.3 Å². The molecule has 38 heavy (non-hydrogen) atoms. The Morgan fingerprint density at radius 3 is 2.61 bits per heavy atom. The Morgan fingerprint density at radius 2 is 1.89 bits per heavy atom. The molecule has 7 nitrogen and oxygen atoms in total. The zero-order valence-corrected chi connectivity index (χ0v) is 22.2. The number of fused-ring (bicyclic) bond motifs is 1. The summed E-state index contributed by atoms with van der Waals surface area (Å²) in [7, 11) is 1.84. The number of piperidine rings is 1. The van der Waals surface area contributed by atoms with Gasteiger partial charge in [0, 0.05) is 37.1 Å². The number of rotatable bonds is 5. The fourth-order valence-electron chi connectivity index (χ4n) is 5.44. The van der Waals surface area contributed by atoms with Crippen molar-refractivity contribution >= 4 is 23.2 Å². The normalized spacial score (nSPS) is 18.3. The van der Waals surface area contributed by atoms with Gasteiger partial charge in [0.1, 0.15) is 12.2 Å². The number of alkyl halides is 3. The molecule has 1 aromatic carbocycles. The average molecular weight is 546 g/mol. The molecule has 202 valence electrons. The quantitative estimate of drug-likeness (QED) is 0.441. The third-order valence-corrected chi connectivity index (χ3v) is 8.63. The van der Waals surface area contributed by atoms with Crippen LogP contribution in [0.2, 0.25) is 0 Å². The van der Waals surface area contributed by atoms with Crippen molar-refractivity contribution < 1.29 is 22.8 Å². The molecule has 3 heterocycles. The van der Waals surface area contributed by atoms with Gasteiger partial charge < -0.3 is 9.80 Å². The zero-order valence-electron chi connectivity index (χ0n) is 21.4. The number of thiazole rings is 1. The summed E-state index contributed by atoms with van der Waals surface area (Å²) in [6.07, 6.45) is -0.163. The van der Waals surface area contributed by atoms with Crippen molar-refractivity contribution in [3.63, 3.8) is 0 Å². The second kappa shape index (κ2) is 10.5. The molecule has 1 atom stereocenters. The molecule has 0 spiro atoms. The highest BCUT2D eigenvalue weighted by Gasteiger charge is 2.35. The van der Waals surface area contributed by atoms with Crippen LogP contribution in [-0.4, -0.2) is 56.5 Å². The number of halogens is 3. The van der Waals surface area contributed by atoms with Crippen molar-refractivity contribution in [3.05, 3.63) is 68.9 Å². The van der Waals surface area contributed by atoms with E-state index in [0.717, 1.165) is 35.0 Å². The van der Waals surface area contributed by atoms with Gasteiger partial charge in [0.2, 0.25) is 5.91 Å². The SMILES string of the molecule is Cc1cc(C(F)(F)F)nn1CC(=O)N1CCC(c2nc(C(=O)N(C)[C@@H]3CCCc4ccccc43)cs2)CC1. The highest BCUT2D eigenvalue weighted by molar-refractivity contribution is 7.09. The molecule has 0 unspecified atom stereocenters. The summed E-state index contributed by atoms with van der Waals surface area (Å²) < 4.78 is 39.9. The minimum Gasteiger partial charge on any atom is -0.341 e. The van der Waals surface area contributed by atoms with E-state index in [-0.39, 0.29) is 30.3 Å². The minimum atomic E-state index is -4.54. The molecule has 1 aliphatic carbocycles. The molecular weight excluding hydrogens is 515 g/mol. The maximum Gasteiger partial charge on any atom is 0.435 e. The van der Waals surface area contributed by atoms with Crippen molar-refractivity contribution in [2.75, 3.05) is 20.1 Å². The van der Waals surface area contributed by atoms with Crippen LogP contribution < -0.4 is 0 Å². The van der Waals surface area contributed by atoms with Gasteiger partial charge in [-0.3, -0.25) is 14.3 Å². The van der Waals surface area contributed by atoms with Crippen LogP contribution in [0, 0.1) is 6.92 Å². The fourth-order valence-corrected chi connectivity index (χ4v) is 6.40. The molecule has 2 aliphatic rings. The maximum atomic E-state index is 13.3. The van der Waals surface area contributed by atoms with E-state index >= 15 is 0 Å². The van der Waals surface area contributed by atoms with E-state index in [1.165, 1.54) is 29.4 Å². The van der Waals surface area contributed by atoms with E-state index in [1.807, 2.05) is 24.6 Å². The minimum absolute atomic E-state index is 0.0393. The number of carbonyl (C=O) groups is 2. The lowest BCUT2D eigenvalue weighted by Crippen LogP contribution is -2.40. The van der Waals surface area contributed by atoms with Crippen LogP contribution >= 0.6 is 11.3 Å². The number of likely N-dealkylation sites (tertiary alicyclic amines) is 1. The summed E-state index contributed by atoms with van der Waals surface area (Å²) in [5.41, 5.74) is 2.26. The van der Waals surface area contributed by atoms with E-state index in [1.54, 1.807) is 9.80 Å². The lowest BCUT2D eigenvalue weighted by molar-refractivity contribution is -0.142. The summed E-state index contributed by atoms with van der Waals surface area (Å²) in [6, 6.07) is 9.28. The Kier molecular flexibility index (Phi) is 7.30. The van der Waals surface area contributed by atoms with Gasteiger partial charge in [-0.05, 0) is 56.2 Å². The van der Waals surface area contributed by atoms with E-state index in [4.69, 9.17) is 0 Å². The van der Waals surface area contributed by atoms with E-state index in [9.17, 15) is 22.8 Å². The lowest BCUT2D eigenvalue weighted by atomic mass is 9.87. The van der Waals surface area contributed by atoms with E-state index in [2.05, 4.69) is 22.2 Å². The number of carbonyl (C=O) groups excluding carboxylic acids is 2. The highest BCUT2D eigenvalue weighted by atomic mass is 32.1. The van der Waals surface area contributed by atoms with Crippen molar-refractivity contribution in [3.8, 4) is 0 Å². The first-order valence-electron chi connectivity index (χ1n) is 12.8. The Hall–Kier alpha value is -3.21. The smallest absolute Gasteiger partial charge is 0.341 e. The molecule has 3 aromatic rings. The average Bonchev–Trinajstić information content (AvgIpc) is 3.55. The second-order valence-electron chi connectivity index (χ2n) is 10.1. The third-order valence-electron chi connectivity index (χ3n) is 7.62. The first kappa shape index (κ1) is 26.4. The fraction of sp³-hybridized carbons (Fsp3) is 0.481. The van der Waals surface area contributed by atoms with Crippen LogP contribution in [0.4, 0.5) is 13.2 Å². The summed E-state index contributed by atoms with van der Waals surface area (Å²) in [5, 5.41) is 6.26. The van der Waals surface area contributed by atoms with E-state index < -0.39 is 11.9 Å². The van der Waals surface area contributed by atoms with Crippen LogP contribution in [-0.2, 0) is 23.9 Å². The molecule has 0 bridgehead atoms. The predicted molar refractivity (Wildman–Crippen MR) is 137 cm³/mol. The number of nitrogens with zero attached hydrogens (tertiary/aromatic N) is 5. The number of hydrogen-bond acceptors (Lipinski definition) is 5. The third kappa shape index (κ3) is 5.34. The summed E-state index contributed by atoms with van der Waals surface area (Å²) in [6.45, 7) is 2.25. The zero-order chi connectivity index (χ0) is 27.0. The number of hydrogen-bond donors (Lipinski definition) is 0. The Balaban J connectivity index is 1.18. The van der Waals surface area contributed by atoms with Gasteiger partial charge in [0.15, 0.2) is 5.69 Å². The van der Waals surface area contributed by atoms with Crippen molar-refractivity contribution in [2.45, 2.75) is 63.7 Å². The molecule has 1 aliphatic heterocycles. The van der Waals surface area contributed by atoms with Gasteiger partial charge in [-0.25, -0.2) is 4.98 Å². The molecule has 1 fully saturated rings. The standard InChI is InChI=1S/C27H30F3N5O2S/c1-17-14-23(27(28,29)30)32-35(17)15-24(36)34-12-10-19(11-13-34)25-31-21(16-38-25)26(37)33(2)22-9-5-7-18-6-3-4-8-20(18)22/h3-4,6,8,14,16,19,22H,5,7,9-13,15H2,1-2H3/t22-/m1/s1. The molecule has 0 radical (unpaired) electrons. The first-order chi connectivity index (χ1) is 18.1. The summed E-state index contributed by atoms with van der Waals surface area (Å²) >= 11 is 1.47.